The zero-order chi connectivity index (χ0) is 18.8. The number of hydrogen-bond acceptors (Lipinski definition) is 8. The molecule has 1 heterocycles. The van der Waals surface area contributed by atoms with Crippen LogP contribution < -0.4 is 5.32 Å². The number of amides is 1. The van der Waals surface area contributed by atoms with E-state index in [1.54, 1.807) is 0 Å². The lowest BCUT2D eigenvalue weighted by Crippen LogP contribution is -2.68. The van der Waals surface area contributed by atoms with E-state index in [1.807, 2.05) is 0 Å². The number of rotatable bonds is 4. The van der Waals surface area contributed by atoms with E-state index in [4.69, 9.17) is 6.11 Å². The van der Waals surface area contributed by atoms with Crippen LogP contribution in [0.1, 0.15) is 13.8 Å². The van der Waals surface area contributed by atoms with Crippen LogP contribution in [-0.4, -0.2) is 62.2 Å². The van der Waals surface area contributed by atoms with Crippen molar-refractivity contribution in [3.05, 3.63) is 39.9 Å². The Morgan fingerprint density at radius 3 is 2.54 bits per heavy atom. The van der Waals surface area contributed by atoms with Crippen molar-refractivity contribution in [1.29, 1.82) is 0 Å². The summed E-state index contributed by atoms with van der Waals surface area (Å²) in [5.41, 5.74) is -0.299. The number of aliphatic hydroxyl groups excluding tert-OH is 3. The van der Waals surface area contributed by atoms with E-state index >= 15 is 0 Å². The first-order chi connectivity index (χ1) is 11.7. The van der Waals surface area contributed by atoms with Gasteiger partial charge in [-0.1, -0.05) is 0 Å². The predicted octanol–water partition coefficient (Wildman–Crippen LogP) is -1.64. The summed E-state index contributed by atoms with van der Waals surface area (Å²) >= 11 is 0. The van der Waals surface area contributed by atoms with Gasteiger partial charge in [0.15, 0.2) is 0 Å². The fourth-order valence-electron chi connectivity index (χ4n) is 2.59. The predicted molar refractivity (Wildman–Crippen MR) is 78.6 cm³/mol. The topological polar surface area (TPSA) is 162 Å². The lowest BCUT2D eigenvalue weighted by atomic mass is 9.86. The van der Waals surface area contributed by atoms with Gasteiger partial charge in [0.05, 0.1) is 11.5 Å². The van der Waals surface area contributed by atoms with Crippen LogP contribution in [0.3, 0.4) is 0 Å². The number of hydrogen-bond donors (Lipinski definition) is 5. The summed E-state index contributed by atoms with van der Waals surface area (Å²) in [6, 6.07) is 2.94. The number of non-ortho nitro benzene ring substituents is 1. The maximum Gasteiger partial charge on any atom is 0.269 e. The molecular formula is C14H18N2O8. The first kappa shape index (κ1) is 16.7. The smallest absolute Gasteiger partial charge is 0.269 e. The molecule has 0 bridgehead atoms. The minimum Gasteiger partial charge on any atom is -0.394 e. The Morgan fingerprint density at radius 1 is 1.42 bits per heavy atom. The normalized spacial score (nSPS) is 33.6. The molecular weight excluding hydrogens is 324 g/mol. The van der Waals surface area contributed by atoms with Crippen molar-refractivity contribution in [2.45, 2.75) is 37.0 Å². The molecule has 2 rings (SSSR count). The van der Waals surface area contributed by atoms with Gasteiger partial charge in [0.1, 0.15) is 24.4 Å². The number of nitrogens with one attached hydrogen (secondary N) is 1. The first-order valence-corrected chi connectivity index (χ1v) is 6.95. The van der Waals surface area contributed by atoms with Crippen LogP contribution >= 0.6 is 0 Å². The molecule has 0 spiro atoms. The van der Waals surface area contributed by atoms with Crippen LogP contribution in [0, 0.1) is 10.1 Å². The molecule has 1 aromatic carbocycles. The fraction of sp³-hybridized carbons (Fsp3) is 0.500. The lowest BCUT2D eigenvalue weighted by Gasteiger charge is -2.47. The zero-order valence-electron chi connectivity index (χ0n) is 13.4. The summed E-state index contributed by atoms with van der Waals surface area (Å²) in [4.78, 5) is 21.6. The van der Waals surface area contributed by atoms with Crippen molar-refractivity contribution in [3.63, 3.8) is 0 Å². The maximum atomic E-state index is 11.5. The monoisotopic (exact) mass is 343 g/mol. The van der Waals surface area contributed by atoms with Crippen LogP contribution in [0.25, 0.3) is 0 Å². The third kappa shape index (κ3) is 3.23. The van der Waals surface area contributed by atoms with Crippen molar-refractivity contribution in [1.82, 2.24) is 5.32 Å². The van der Waals surface area contributed by atoms with Gasteiger partial charge in [-0.2, -0.15) is 0 Å². The summed E-state index contributed by atoms with van der Waals surface area (Å²) in [5, 5.41) is 53.3. The average molecular weight is 343 g/mol. The third-order valence-electron chi connectivity index (χ3n) is 3.81. The van der Waals surface area contributed by atoms with Crippen molar-refractivity contribution in [2.75, 3.05) is 6.61 Å². The Balaban J connectivity index is 2.45. The fourth-order valence-corrected chi connectivity index (χ4v) is 2.59. The molecule has 0 saturated carbocycles. The van der Waals surface area contributed by atoms with Crippen LogP contribution in [0.15, 0.2) is 24.3 Å². The van der Waals surface area contributed by atoms with Gasteiger partial charge in [-0.3, -0.25) is 14.9 Å². The standard InChI is InChI=1S/C14H18N2O8/c1-7(18)15-13-12(20)11(19)10(6-17)24-14(13,21)8-2-4-9(5-3-8)16(22)23/h2-5,10-13,17,19-21H,6H2,1H3,(H,15,18)/t10-,11+,12+,13-,14?/m1/s1/i1D. The quantitative estimate of drug-likeness (QED) is 0.321. The van der Waals surface area contributed by atoms with E-state index in [2.05, 4.69) is 5.32 Å². The second-order valence-corrected chi connectivity index (χ2v) is 5.37. The number of aliphatic hydroxyl groups is 4. The lowest BCUT2D eigenvalue weighted by molar-refractivity contribution is -0.385. The molecule has 24 heavy (non-hydrogen) atoms. The minimum atomic E-state index is -2.38. The van der Waals surface area contributed by atoms with Crippen LogP contribution in [0.4, 0.5) is 5.69 Å². The minimum absolute atomic E-state index is 0.0437. The van der Waals surface area contributed by atoms with Crippen molar-refractivity contribution in [3.8, 4) is 0 Å². The Labute approximate surface area is 137 Å². The number of nitro groups is 1. The molecule has 1 fully saturated rings. The van der Waals surface area contributed by atoms with Gasteiger partial charge in [-0.25, -0.2) is 0 Å². The molecule has 1 saturated heterocycles. The molecule has 10 nitrogen and oxygen atoms in total. The zero-order valence-corrected chi connectivity index (χ0v) is 12.4. The highest BCUT2D eigenvalue weighted by Crippen LogP contribution is 2.36. The number of carbonyl (C=O) groups is 1. The number of carbonyl (C=O) groups excluding carboxylic acids is 1. The maximum absolute atomic E-state index is 11.5. The van der Waals surface area contributed by atoms with Gasteiger partial charge < -0.3 is 30.5 Å². The molecule has 1 amide bonds. The van der Waals surface area contributed by atoms with Crippen molar-refractivity contribution < 1.29 is 36.3 Å². The second kappa shape index (κ2) is 6.79. The van der Waals surface area contributed by atoms with E-state index in [0.29, 0.717) is 0 Å². The first-order valence-electron chi connectivity index (χ1n) is 7.66. The third-order valence-corrected chi connectivity index (χ3v) is 3.81. The molecule has 5 atom stereocenters. The number of nitrogens with zero attached hydrogens (tertiary/aromatic N) is 1. The number of benzene rings is 1. The molecule has 0 aliphatic carbocycles. The van der Waals surface area contributed by atoms with Crippen LogP contribution in [-0.2, 0) is 15.3 Å². The highest BCUT2D eigenvalue weighted by Gasteiger charge is 2.54. The van der Waals surface area contributed by atoms with E-state index in [9.17, 15) is 35.3 Å². The van der Waals surface area contributed by atoms with Crippen molar-refractivity contribution in [2.24, 2.45) is 0 Å². The van der Waals surface area contributed by atoms with Gasteiger partial charge in [0, 0.05) is 26.0 Å². The average Bonchev–Trinajstić information content (AvgIpc) is 2.61. The van der Waals surface area contributed by atoms with Gasteiger partial charge in [0.2, 0.25) is 11.7 Å². The number of ether oxygens (including phenoxy) is 1. The second-order valence-electron chi connectivity index (χ2n) is 5.37. The van der Waals surface area contributed by atoms with E-state index in [-0.39, 0.29) is 11.3 Å². The Kier molecular flexibility index (Phi) is 4.73. The largest absolute Gasteiger partial charge is 0.394 e. The van der Waals surface area contributed by atoms with Crippen molar-refractivity contribution >= 4 is 11.6 Å². The molecule has 10 heteroatoms. The molecule has 0 aromatic heterocycles. The summed E-state index contributed by atoms with van der Waals surface area (Å²) in [6.45, 7) is -1.42. The van der Waals surface area contributed by atoms with E-state index in [0.717, 1.165) is 24.3 Å². The molecule has 1 aliphatic rings. The number of nitro benzene ring substituents is 1. The summed E-state index contributed by atoms with van der Waals surface area (Å²) in [6.07, 6.45) is -4.69. The molecule has 1 unspecified atom stereocenters. The molecule has 5 N–H and O–H groups in total. The Hall–Kier alpha value is -2.11. The van der Waals surface area contributed by atoms with Crippen LogP contribution in [0.2, 0.25) is 0 Å². The van der Waals surface area contributed by atoms with Gasteiger partial charge in [-0.15, -0.1) is 0 Å². The Bertz CT molecular complexity index is 642. The molecule has 1 aromatic rings. The Morgan fingerprint density at radius 2 is 2.04 bits per heavy atom. The summed E-state index contributed by atoms with van der Waals surface area (Å²) in [5.74, 6) is -3.23. The summed E-state index contributed by atoms with van der Waals surface area (Å²) in [7, 11) is 0. The summed E-state index contributed by atoms with van der Waals surface area (Å²) < 4.78 is 12.3. The van der Waals surface area contributed by atoms with Gasteiger partial charge >= 0.3 is 0 Å². The van der Waals surface area contributed by atoms with Crippen LogP contribution in [0.5, 0.6) is 0 Å². The molecule has 132 valence electrons. The van der Waals surface area contributed by atoms with Gasteiger partial charge in [-0.05, 0) is 12.1 Å². The van der Waals surface area contributed by atoms with E-state index in [1.165, 1.54) is 0 Å². The van der Waals surface area contributed by atoms with Gasteiger partial charge in [0.25, 0.3) is 5.69 Å². The molecule has 0 radical (unpaired) electrons. The van der Waals surface area contributed by atoms with E-state index < -0.39 is 54.5 Å². The highest BCUT2D eigenvalue weighted by molar-refractivity contribution is 5.73. The SMILES string of the molecule is [2H]CC(=O)N[C@@H]1[C@@H](O)[C@@H](O)[C@@H](CO)OC1(O)c1ccc([N+](=O)[O-])cc1. The highest BCUT2D eigenvalue weighted by atomic mass is 16.6. The molecule has 1 aliphatic heterocycles.